The maximum Gasteiger partial charge on any atom is 0.0732 e. The Kier molecular flexibility index (Phi) is 4.84. The molecule has 1 aromatic heterocycles. The molecule has 0 radical (unpaired) electrons. The molecule has 0 unspecified atom stereocenters. The topological polar surface area (TPSA) is 22.1 Å². The zero-order chi connectivity index (χ0) is 10.4. The number of aromatic nitrogens is 1. The van der Waals surface area contributed by atoms with Gasteiger partial charge in [-0.15, -0.1) is 6.58 Å². The van der Waals surface area contributed by atoms with Crippen molar-refractivity contribution in [1.82, 2.24) is 4.98 Å². The molecule has 2 nitrogen and oxygen atoms in total. The first kappa shape index (κ1) is 11.4. The van der Waals surface area contributed by atoms with Gasteiger partial charge < -0.3 is 4.74 Å². The predicted octanol–water partition coefficient (Wildman–Crippen LogP) is 3.33. The second-order valence-corrected chi connectivity index (χ2v) is 4.19. The summed E-state index contributed by atoms with van der Waals surface area (Å²) in [6.45, 7) is 7.15. The van der Waals surface area contributed by atoms with Crippen LogP contribution < -0.4 is 0 Å². The summed E-state index contributed by atoms with van der Waals surface area (Å²) in [6, 6.07) is 2.01. The standard InChI is InChI=1S/C11H14BrNO/c1-9(2)3-4-14-8-10-5-11(12)7-13-6-10/h5-7H,1,3-4,8H2,2H3. The van der Waals surface area contributed by atoms with Crippen LogP contribution in [0.2, 0.25) is 0 Å². The summed E-state index contributed by atoms with van der Waals surface area (Å²) in [5, 5.41) is 0. The lowest BCUT2D eigenvalue weighted by Gasteiger charge is -2.03. The molecule has 0 spiro atoms. The van der Waals surface area contributed by atoms with Crippen LogP contribution in [0.4, 0.5) is 0 Å². The Hall–Kier alpha value is -0.670. The number of ether oxygens (including phenoxy) is 1. The van der Waals surface area contributed by atoms with Crippen LogP contribution in [0.3, 0.4) is 0 Å². The molecular weight excluding hydrogens is 242 g/mol. The number of rotatable bonds is 5. The lowest BCUT2D eigenvalue weighted by Crippen LogP contribution is -1.96. The molecule has 0 aliphatic rings. The average molecular weight is 256 g/mol. The van der Waals surface area contributed by atoms with Crippen molar-refractivity contribution in [3.8, 4) is 0 Å². The first-order valence-electron chi connectivity index (χ1n) is 4.50. The normalized spacial score (nSPS) is 10.1. The Bertz CT molecular complexity index is 312. The van der Waals surface area contributed by atoms with Crippen molar-refractivity contribution >= 4 is 15.9 Å². The Morgan fingerprint density at radius 3 is 3.00 bits per heavy atom. The van der Waals surface area contributed by atoms with Gasteiger partial charge in [0, 0.05) is 16.9 Å². The van der Waals surface area contributed by atoms with Crippen LogP contribution in [0, 0.1) is 0 Å². The SMILES string of the molecule is C=C(C)CCOCc1cncc(Br)c1. The highest BCUT2D eigenvalue weighted by Crippen LogP contribution is 2.10. The number of pyridine rings is 1. The fourth-order valence-corrected chi connectivity index (χ4v) is 1.38. The van der Waals surface area contributed by atoms with E-state index in [0.29, 0.717) is 6.61 Å². The maximum atomic E-state index is 5.46. The average Bonchev–Trinajstić information content (AvgIpc) is 2.12. The van der Waals surface area contributed by atoms with Gasteiger partial charge in [-0.1, -0.05) is 5.57 Å². The van der Waals surface area contributed by atoms with Gasteiger partial charge in [-0.3, -0.25) is 4.98 Å². The minimum atomic E-state index is 0.611. The van der Waals surface area contributed by atoms with Gasteiger partial charge in [0.1, 0.15) is 0 Å². The quantitative estimate of drug-likeness (QED) is 0.595. The van der Waals surface area contributed by atoms with Crippen LogP contribution in [0.15, 0.2) is 35.1 Å². The van der Waals surface area contributed by atoms with Gasteiger partial charge in [0.25, 0.3) is 0 Å². The van der Waals surface area contributed by atoms with E-state index in [4.69, 9.17) is 4.74 Å². The van der Waals surface area contributed by atoms with Gasteiger partial charge in [-0.05, 0) is 40.9 Å². The molecule has 0 aliphatic heterocycles. The van der Waals surface area contributed by atoms with Crippen LogP contribution in [-0.4, -0.2) is 11.6 Å². The first-order valence-corrected chi connectivity index (χ1v) is 5.29. The summed E-state index contributed by atoms with van der Waals surface area (Å²) < 4.78 is 6.45. The molecule has 14 heavy (non-hydrogen) atoms. The van der Waals surface area contributed by atoms with Crippen LogP contribution in [0.1, 0.15) is 18.9 Å². The largest absolute Gasteiger partial charge is 0.376 e. The van der Waals surface area contributed by atoms with E-state index in [1.807, 2.05) is 19.2 Å². The van der Waals surface area contributed by atoms with Crippen molar-refractivity contribution in [2.45, 2.75) is 20.0 Å². The van der Waals surface area contributed by atoms with Crippen molar-refractivity contribution < 1.29 is 4.74 Å². The molecule has 0 fully saturated rings. The summed E-state index contributed by atoms with van der Waals surface area (Å²) in [4.78, 5) is 4.05. The van der Waals surface area contributed by atoms with E-state index in [-0.39, 0.29) is 0 Å². The van der Waals surface area contributed by atoms with E-state index in [9.17, 15) is 0 Å². The van der Waals surface area contributed by atoms with E-state index < -0.39 is 0 Å². The van der Waals surface area contributed by atoms with E-state index in [0.717, 1.165) is 28.6 Å². The zero-order valence-electron chi connectivity index (χ0n) is 8.29. The molecule has 1 heterocycles. The summed E-state index contributed by atoms with van der Waals surface area (Å²) in [6.07, 6.45) is 4.49. The summed E-state index contributed by atoms with van der Waals surface area (Å²) >= 11 is 3.36. The smallest absolute Gasteiger partial charge is 0.0732 e. The van der Waals surface area contributed by atoms with Crippen LogP contribution >= 0.6 is 15.9 Å². The van der Waals surface area contributed by atoms with Gasteiger partial charge >= 0.3 is 0 Å². The highest BCUT2D eigenvalue weighted by molar-refractivity contribution is 9.10. The lowest BCUT2D eigenvalue weighted by atomic mass is 10.2. The zero-order valence-corrected chi connectivity index (χ0v) is 9.88. The molecule has 1 rings (SSSR count). The highest BCUT2D eigenvalue weighted by atomic mass is 79.9. The molecule has 0 atom stereocenters. The van der Waals surface area contributed by atoms with Gasteiger partial charge in [-0.2, -0.15) is 0 Å². The highest BCUT2D eigenvalue weighted by Gasteiger charge is 1.95. The van der Waals surface area contributed by atoms with Gasteiger partial charge in [0.2, 0.25) is 0 Å². The Morgan fingerprint density at radius 1 is 1.57 bits per heavy atom. The molecule has 76 valence electrons. The summed E-state index contributed by atoms with van der Waals surface area (Å²) in [5.74, 6) is 0. The third kappa shape index (κ3) is 4.53. The van der Waals surface area contributed by atoms with Crippen LogP contribution in [0.5, 0.6) is 0 Å². The minimum absolute atomic E-state index is 0.611. The first-order chi connectivity index (χ1) is 6.68. The fraction of sp³-hybridized carbons (Fsp3) is 0.364. The molecule has 0 saturated heterocycles. The van der Waals surface area contributed by atoms with Gasteiger partial charge in [-0.25, -0.2) is 0 Å². The maximum absolute atomic E-state index is 5.46. The molecule has 0 N–H and O–H groups in total. The van der Waals surface area contributed by atoms with Gasteiger partial charge in [0.15, 0.2) is 0 Å². The molecule has 0 amide bonds. The Morgan fingerprint density at radius 2 is 2.36 bits per heavy atom. The van der Waals surface area contributed by atoms with E-state index in [1.54, 1.807) is 6.20 Å². The minimum Gasteiger partial charge on any atom is -0.376 e. The van der Waals surface area contributed by atoms with Crippen LogP contribution in [0.25, 0.3) is 0 Å². The fourth-order valence-electron chi connectivity index (χ4n) is 0.971. The van der Waals surface area contributed by atoms with E-state index in [1.165, 1.54) is 0 Å². The summed E-state index contributed by atoms with van der Waals surface area (Å²) in [7, 11) is 0. The van der Waals surface area contributed by atoms with Crippen molar-refractivity contribution in [2.75, 3.05) is 6.61 Å². The number of nitrogens with zero attached hydrogens (tertiary/aromatic N) is 1. The molecule has 0 aliphatic carbocycles. The predicted molar refractivity (Wildman–Crippen MR) is 61.0 cm³/mol. The van der Waals surface area contributed by atoms with Crippen molar-refractivity contribution in [1.29, 1.82) is 0 Å². The second kappa shape index (κ2) is 5.94. The lowest BCUT2D eigenvalue weighted by molar-refractivity contribution is 0.123. The molecular formula is C11H14BrNO. The molecule has 0 aromatic carbocycles. The monoisotopic (exact) mass is 255 g/mol. The summed E-state index contributed by atoms with van der Waals surface area (Å²) in [5.41, 5.74) is 2.23. The molecule has 0 bridgehead atoms. The second-order valence-electron chi connectivity index (χ2n) is 3.27. The molecule has 3 heteroatoms. The molecule has 0 saturated carbocycles. The molecule has 1 aromatic rings. The van der Waals surface area contributed by atoms with E-state index in [2.05, 4.69) is 27.5 Å². The Balaban J connectivity index is 2.28. The third-order valence-electron chi connectivity index (χ3n) is 1.70. The van der Waals surface area contributed by atoms with Crippen molar-refractivity contribution in [2.24, 2.45) is 0 Å². The third-order valence-corrected chi connectivity index (χ3v) is 2.14. The Labute approximate surface area is 93.1 Å². The van der Waals surface area contributed by atoms with Gasteiger partial charge in [0.05, 0.1) is 13.2 Å². The van der Waals surface area contributed by atoms with Crippen molar-refractivity contribution in [3.05, 3.63) is 40.6 Å². The number of hydrogen-bond donors (Lipinski definition) is 0. The number of hydrogen-bond acceptors (Lipinski definition) is 2. The van der Waals surface area contributed by atoms with Crippen molar-refractivity contribution in [3.63, 3.8) is 0 Å². The van der Waals surface area contributed by atoms with Crippen LogP contribution in [-0.2, 0) is 11.3 Å². The van der Waals surface area contributed by atoms with E-state index >= 15 is 0 Å². The number of halogens is 1.